The molecule has 0 saturated carbocycles. The zero-order valence-electron chi connectivity index (χ0n) is 17.6. The number of carbonyl (C=O) groups excluding carboxylic acids is 2. The van der Waals surface area contributed by atoms with E-state index in [1.807, 2.05) is 55.4 Å². The number of amides is 2. The van der Waals surface area contributed by atoms with Crippen molar-refractivity contribution in [3.8, 4) is 0 Å². The Morgan fingerprint density at radius 2 is 1.77 bits per heavy atom. The van der Waals surface area contributed by atoms with Gasteiger partial charge in [-0.25, -0.2) is 4.39 Å². The van der Waals surface area contributed by atoms with E-state index in [-0.39, 0.29) is 17.6 Å². The molecule has 2 amide bonds. The first kappa shape index (κ1) is 20.6. The maximum atomic E-state index is 13.1. The van der Waals surface area contributed by atoms with Crippen LogP contribution in [0.4, 0.5) is 15.8 Å². The molecular weight excluding hydrogens is 393 g/mol. The number of nitrogens with one attached hydrogen (secondary N) is 1. The van der Waals surface area contributed by atoms with E-state index in [4.69, 9.17) is 0 Å². The lowest BCUT2D eigenvalue weighted by atomic mass is 10.1. The van der Waals surface area contributed by atoms with Crippen molar-refractivity contribution in [3.05, 3.63) is 94.8 Å². The quantitative estimate of drug-likeness (QED) is 0.682. The molecule has 3 aromatic carbocycles. The molecule has 0 radical (unpaired) electrons. The van der Waals surface area contributed by atoms with Crippen molar-refractivity contribution >= 4 is 23.2 Å². The van der Waals surface area contributed by atoms with Crippen LogP contribution in [-0.2, 0) is 13.0 Å². The second-order valence-electron chi connectivity index (χ2n) is 7.80. The molecule has 0 fully saturated rings. The highest BCUT2D eigenvalue weighted by atomic mass is 19.1. The maximum Gasteiger partial charge on any atom is 0.258 e. The molecule has 4 rings (SSSR count). The number of halogens is 1. The number of fused-ring (bicyclic) bond motifs is 1. The number of anilines is 2. The fraction of sp³-hybridized carbons (Fsp3) is 0.200. The average Bonchev–Trinajstić information content (AvgIpc) is 3.20. The van der Waals surface area contributed by atoms with Gasteiger partial charge in [0.25, 0.3) is 11.8 Å². The number of hydrogen-bond acceptors (Lipinski definition) is 3. The largest absolute Gasteiger partial charge is 0.378 e. The number of hydrogen-bond donors (Lipinski definition) is 1. The maximum absolute atomic E-state index is 13.1. The average molecular weight is 417 g/mol. The van der Waals surface area contributed by atoms with Crippen molar-refractivity contribution < 1.29 is 14.0 Å². The van der Waals surface area contributed by atoms with Crippen LogP contribution in [0.5, 0.6) is 0 Å². The monoisotopic (exact) mass is 417 g/mol. The van der Waals surface area contributed by atoms with Crippen LogP contribution in [0.15, 0.2) is 66.7 Å². The second-order valence-corrected chi connectivity index (χ2v) is 7.80. The van der Waals surface area contributed by atoms with Gasteiger partial charge in [0.2, 0.25) is 0 Å². The highest BCUT2D eigenvalue weighted by Gasteiger charge is 2.25. The van der Waals surface area contributed by atoms with E-state index in [2.05, 4.69) is 5.32 Å². The highest BCUT2D eigenvalue weighted by Crippen LogP contribution is 2.30. The molecule has 1 aliphatic heterocycles. The van der Waals surface area contributed by atoms with Crippen molar-refractivity contribution in [1.29, 1.82) is 0 Å². The summed E-state index contributed by atoms with van der Waals surface area (Å²) in [5.41, 5.74) is 4.96. The molecular formula is C25H24FN3O2. The first-order chi connectivity index (χ1) is 14.9. The molecule has 0 saturated heterocycles. The topological polar surface area (TPSA) is 52.7 Å². The molecule has 0 atom stereocenters. The molecule has 0 unspecified atom stereocenters. The molecule has 1 N–H and O–H groups in total. The van der Waals surface area contributed by atoms with Gasteiger partial charge >= 0.3 is 0 Å². The van der Waals surface area contributed by atoms with Gasteiger partial charge in [0.05, 0.1) is 0 Å². The zero-order chi connectivity index (χ0) is 22.0. The normalized spacial score (nSPS) is 12.4. The smallest absolute Gasteiger partial charge is 0.258 e. The third-order valence-electron chi connectivity index (χ3n) is 5.45. The molecule has 3 aromatic rings. The first-order valence-electron chi connectivity index (χ1n) is 10.2. The molecule has 6 heteroatoms. The van der Waals surface area contributed by atoms with Crippen LogP contribution in [0, 0.1) is 5.82 Å². The molecule has 1 heterocycles. The molecule has 0 aromatic heterocycles. The standard InChI is InChI=1S/C25H24FN3O2/c1-28(2)22-5-3-4-20(15-22)24(30)27-16-17-6-11-23-19(14-17)12-13-29(23)25(31)18-7-9-21(26)10-8-18/h3-11,14-15H,12-13,16H2,1-2H3,(H,27,30). The van der Waals surface area contributed by atoms with Gasteiger partial charge in [-0.1, -0.05) is 18.2 Å². The van der Waals surface area contributed by atoms with Gasteiger partial charge in [0.1, 0.15) is 5.82 Å². The van der Waals surface area contributed by atoms with Crippen molar-refractivity contribution in [1.82, 2.24) is 5.32 Å². The van der Waals surface area contributed by atoms with Crippen LogP contribution < -0.4 is 15.1 Å². The fourth-order valence-electron chi connectivity index (χ4n) is 3.73. The van der Waals surface area contributed by atoms with E-state index in [1.54, 1.807) is 11.0 Å². The predicted octanol–water partition coefficient (Wildman–Crippen LogP) is 4.02. The Kier molecular flexibility index (Phi) is 5.71. The lowest BCUT2D eigenvalue weighted by molar-refractivity contribution is 0.0949. The summed E-state index contributed by atoms with van der Waals surface area (Å²) in [5, 5.41) is 2.96. The zero-order valence-corrected chi connectivity index (χ0v) is 17.6. The Morgan fingerprint density at radius 1 is 1.00 bits per heavy atom. The summed E-state index contributed by atoms with van der Waals surface area (Å²) in [4.78, 5) is 29.0. The lowest BCUT2D eigenvalue weighted by Crippen LogP contribution is -2.28. The number of nitrogens with zero attached hydrogens (tertiary/aromatic N) is 2. The van der Waals surface area contributed by atoms with Crippen LogP contribution in [0.3, 0.4) is 0 Å². The molecule has 0 bridgehead atoms. The van der Waals surface area contributed by atoms with Gasteiger partial charge in [-0.15, -0.1) is 0 Å². The Bertz CT molecular complexity index is 1130. The van der Waals surface area contributed by atoms with Gasteiger partial charge in [0, 0.05) is 49.7 Å². The minimum Gasteiger partial charge on any atom is -0.378 e. The number of rotatable bonds is 5. The third-order valence-corrected chi connectivity index (χ3v) is 5.45. The summed E-state index contributed by atoms with van der Waals surface area (Å²) < 4.78 is 13.1. The van der Waals surface area contributed by atoms with Gasteiger partial charge in [-0.3, -0.25) is 9.59 Å². The van der Waals surface area contributed by atoms with Gasteiger partial charge < -0.3 is 15.1 Å². The summed E-state index contributed by atoms with van der Waals surface area (Å²) in [5.74, 6) is -0.628. The molecule has 5 nitrogen and oxygen atoms in total. The van der Waals surface area contributed by atoms with Crippen LogP contribution in [0.1, 0.15) is 31.8 Å². The lowest BCUT2D eigenvalue weighted by Gasteiger charge is -2.18. The fourth-order valence-corrected chi connectivity index (χ4v) is 3.73. The molecule has 31 heavy (non-hydrogen) atoms. The Hall–Kier alpha value is -3.67. The van der Waals surface area contributed by atoms with E-state index in [0.29, 0.717) is 24.2 Å². The molecule has 0 spiro atoms. The van der Waals surface area contributed by atoms with Crippen LogP contribution >= 0.6 is 0 Å². The van der Waals surface area contributed by atoms with E-state index in [9.17, 15) is 14.0 Å². The summed E-state index contributed by atoms with van der Waals surface area (Å²) in [7, 11) is 3.87. The SMILES string of the molecule is CN(C)c1cccc(C(=O)NCc2ccc3c(c2)CCN3C(=O)c2ccc(F)cc2)c1. The summed E-state index contributed by atoms with van der Waals surface area (Å²) in [6.07, 6.45) is 0.745. The summed E-state index contributed by atoms with van der Waals surface area (Å²) in [6, 6.07) is 18.9. The van der Waals surface area contributed by atoms with Crippen molar-refractivity contribution in [2.75, 3.05) is 30.4 Å². The molecule has 0 aliphatic carbocycles. The highest BCUT2D eigenvalue weighted by molar-refractivity contribution is 6.07. The van der Waals surface area contributed by atoms with Crippen LogP contribution in [-0.4, -0.2) is 32.5 Å². The Morgan fingerprint density at radius 3 is 2.52 bits per heavy atom. The molecule has 158 valence electrons. The van der Waals surface area contributed by atoms with Crippen molar-refractivity contribution in [3.63, 3.8) is 0 Å². The minimum absolute atomic E-state index is 0.127. The van der Waals surface area contributed by atoms with E-state index >= 15 is 0 Å². The van der Waals surface area contributed by atoms with Crippen molar-refractivity contribution in [2.24, 2.45) is 0 Å². The third kappa shape index (κ3) is 4.43. The summed E-state index contributed by atoms with van der Waals surface area (Å²) >= 11 is 0. The minimum atomic E-state index is -0.362. The van der Waals surface area contributed by atoms with E-state index in [1.165, 1.54) is 24.3 Å². The van der Waals surface area contributed by atoms with E-state index < -0.39 is 0 Å². The molecule has 1 aliphatic rings. The van der Waals surface area contributed by atoms with E-state index in [0.717, 1.165) is 28.9 Å². The van der Waals surface area contributed by atoms with Crippen LogP contribution in [0.2, 0.25) is 0 Å². The first-order valence-corrected chi connectivity index (χ1v) is 10.2. The van der Waals surface area contributed by atoms with Gasteiger partial charge in [-0.05, 0) is 66.1 Å². The Labute approximate surface area is 181 Å². The van der Waals surface area contributed by atoms with Crippen molar-refractivity contribution in [2.45, 2.75) is 13.0 Å². The summed E-state index contributed by atoms with van der Waals surface area (Å²) in [6.45, 7) is 0.989. The number of benzene rings is 3. The van der Waals surface area contributed by atoms with Crippen LogP contribution in [0.25, 0.3) is 0 Å². The van der Waals surface area contributed by atoms with Gasteiger partial charge in [0.15, 0.2) is 0 Å². The Balaban J connectivity index is 1.43. The number of carbonyl (C=O) groups is 2. The second kappa shape index (κ2) is 8.60. The predicted molar refractivity (Wildman–Crippen MR) is 120 cm³/mol. The van der Waals surface area contributed by atoms with Gasteiger partial charge in [-0.2, -0.15) is 0 Å².